The number of hydrogen-bond donors (Lipinski definition) is 0. The van der Waals surface area contributed by atoms with E-state index in [9.17, 15) is 4.79 Å². The molecule has 0 amide bonds. The molecular weight excluding hydrogens is 362 g/mol. The summed E-state index contributed by atoms with van der Waals surface area (Å²) in [5, 5.41) is 6.33. The third-order valence-corrected chi connectivity index (χ3v) is 5.84. The van der Waals surface area contributed by atoms with E-state index in [1.807, 2.05) is 47.9 Å². The van der Waals surface area contributed by atoms with Gasteiger partial charge in [-0.15, -0.1) is 16.4 Å². The normalized spacial score (nSPS) is 12.8. The van der Waals surface area contributed by atoms with Crippen molar-refractivity contribution in [2.45, 2.75) is 19.8 Å². The Morgan fingerprint density at radius 2 is 1.92 bits per heavy atom. The van der Waals surface area contributed by atoms with E-state index in [1.54, 1.807) is 11.3 Å². The van der Waals surface area contributed by atoms with Crippen molar-refractivity contribution in [3.8, 4) is 0 Å². The second kappa shape index (κ2) is 6.97. The molecule has 0 saturated heterocycles. The van der Waals surface area contributed by atoms with Crippen molar-refractivity contribution in [2.24, 2.45) is 0 Å². The third kappa shape index (κ3) is 3.38. The Morgan fingerprint density at radius 3 is 2.58 bits per heavy atom. The molecule has 6 heteroatoms. The monoisotopic (exact) mass is 379 g/mol. The van der Waals surface area contributed by atoms with Crippen molar-refractivity contribution >= 4 is 45.9 Å². The van der Waals surface area contributed by atoms with Crippen LogP contribution in [0.2, 0.25) is 0 Å². The average molecular weight is 380 g/mol. The summed E-state index contributed by atoms with van der Waals surface area (Å²) in [6.45, 7) is 4.33. The Kier molecular flexibility index (Phi) is 4.53. The maximum atomic E-state index is 12.6. The molecule has 4 nitrogen and oxygen atoms in total. The third-order valence-electron chi connectivity index (χ3n) is 4.04. The molecule has 0 bridgehead atoms. The van der Waals surface area contributed by atoms with Crippen LogP contribution < -0.4 is 10.1 Å². The fourth-order valence-corrected chi connectivity index (χ4v) is 4.12. The van der Waals surface area contributed by atoms with E-state index in [0.29, 0.717) is 21.2 Å². The number of thiazole rings is 1. The molecule has 3 aromatic heterocycles. The number of hydrogen-bond acceptors (Lipinski definition) is 5. The first-order chi connectivity index (χ1) is 12.6. The molecule has 130 valence electrons. The SMILES string of the molecule is CC(C)c1ccc(/C=c2/sc3nc(/C=C/c4cccs4)nn3c2=O)cc1. The van der Waals surface area contributed by atoms with Crippen LogP contribution in [0.5, 0.6) is 0 Å². The lowest BCUT2D eigenvalue weighted by molar-refractivity contribution is 0.866. The lowest BCUT2D eigenvalue weighted by Gasteiger charge is -2.04. The van der Waals surface area contributed by atoms with Crippen LogP contribution in [0.3, 0.4) is 0 Å². The van der Waals surface area contributed by atoms with E-state index in [-0.39, 0.29) is 5.56 Å². The average Bonchev–Trinajstić information content (AvgIpc) is 3.33. The summed E-state index contributed by atoms with van der Waals surface area (Å²) in [6.07, 6.45) is 5.69. The van der Waals surface area contributed by atoms with Gasteiger partial charge in [0.15, 0.2) is 5.82 Å². The highest BCUT2D eigenvalue weighted by Crippen LogP contribution is 2.15. The van der Waals surface area contributed by atoms with Gasteiger partial charge in [-0.2, -0.15) is 9.50 Å². The maximum Gasteiger partial charge on any atom is 0.291 e. The summed E-state index contributed by atoms with van der Waals surface area (Å²) in [4.78, 5) is 18.8. The van der Waals surface area contributed by atoms with E-state index in [1.165, 1.54) is 21.4 Å². The zero-order valence-electron chi connectivity index (χ0n) is 14.4. The van der Waals surface area contributed by atoms with Crippen LogP contribution >= 0.6 is 22.7 Å². The molecule has 0 aliphatic rings. The molecule has 0 atom stereocenters. The minimum atomic E-state index is -0.124. The smallest absolute Gasteiger partial charge is 0.266 e. The van der Waals surface area contributed by atoms with Gasteiger partial charge in [0.25, 0.3) is 5.56 Å². The molecule has 0 fully saturated rings. The highest BCUT2D eigenvalue weighted by molar-refractivity contribution is 7.15. The molecule has 0 saturated carbocycles. The molecule has 0 unspecified atom stereocenters. The lowest BCUT2D eigenvalue weighted by Crippen LogP contribution is -2.23. The Morgan fingerprint density at radius 1 is 1.12 bits per heavy atom. The number of fused-ring (bicyclic) bond motifs is 1. The Labute approximate surface area is 158 Å². The molecule has 0 aliphatic heterocycles. The van der Waals surface area contributed by atoms with Gasteiger partial charge in [-0.05, 0) is 46.7 Å². The van der Waals surface area contributed by atoms with Gasteiger partial charge in [-0.25, -0.2) is 0 Å². The Bertz CT molecular complexity index is 1170. The molecule has 0 spiro atoms. The van der Waals surface area contributed by atoms with Gasteiger partial charge in [-0.1, -0.05) is 55.5 Å². The zero-order chi connectivity index (χ0) is 18.1. The van der Waals surface area contributed by atoms with Crippen molar-refractivity contribution in [2.75, 3.05) is 0 Å². The fourth-order valence-electron chi connectivity index (χ4n) is 2.59. The first-order valence-corrected chi connectivity index (χ1v) is 10.0. The van der Waals surface area contributed by atoms with E-state index in [2.05, 4.69) is 36.1 Å². The predicted molar refractivity (Wildman–Crippen MR) is 110 cm³/mol. The van der Waals surface area contributed by atoms with Crippen LogP contribution in [0.15, 0.2) is 46.6 Å². The molecule has 4 aromatic rings. The molecule has 26 heavy (non-hydrogen) atoms. The highest BCUT2D eigenvalue weighted by Gasteiger charge is 2.09. The molecule has 3 heterocycles. The van der Waals surface area contributed by atoms with Gasteiger partial charge in [0, 0.05) is 4.88 Å². The minimum Gasteiger partial charge on any atom is -0.266 e. The van der Waals surface area contributed by atoms with Crippen LogP contribution in [0.25, 0.3) is 23.2 Å². The summed E-state index contributed by atoms with van der Waals surface area (Å²) < 4.78 is 2.03. The number of aromatic nitrogens is 3. The maximum absolute atomic E-state index is 12.6. The second-order valence-corrected chi connectivity index (χ2v) is 8.24. The Hall–Kier alpha value is -2.57. The highest BCUT2D eigenvalue weighted by atomic mass is 32.1. The van der Waals surface area contributed by atoms with Crippen molar-refractivity contribution in [1.82, 2.24) is 14.6 Å². The van der Waals surface area contributed by atoms with E-state index >= 15 is 0 Å². The largest absolute Gasteiger partial charge is 0.291 e. The van der Waals surface area contributed by atoms with Crippen LogP contribution in [0.1, 0.15) is 41.6 Å². The lowest BCUT2D eigenvalue weighted by atomic mass is 10.0. The Balaban J connectivity index is 1.66. The van der Waals surface area contributed by atoms with Crippen molar-refractivity contribution < 1.29 is 0 Å². The van der Waals surface area contributed by atoms with Gasteiger partial charge in [0.1, 0.15) is 0 Å². The van der Waals surface area contributed by atoms with Crippen molar-refractivity contribution in [3.05, 3.63) is 78.5 Å². The summed E-state index contributed by atoms with van der Waals surface area (Å²) in [5.41, 5.74) is 2.17. The first-order valence-electron chi connectivity index (χ1n) is 8.33. The van der Waals surface area contributed by atoms with E-state index < -0.39 is 0 Å². The molecule has 4 rings (SSSR count). The minimum absolute atomic E-state index is 0.124. The van der Waals surface area contributed by atoms with Crippen molar-refractivity contribution in [3.63, 3.8) is 0 Å². The van der Waals surface area contributed by atoms with Crippen LogP contribution in [-0.2, 0) is 0 Å². The fraction of sp³-hybridized carbons (Fsp3) is 0.150. The van der Waals surface area contributed by atoms with Crippen molar-refractivity contribution in [1.29, 1.82) is 0 Å². The molecular formula is C20H17N3OS2. The first kappa shape index (κ1) is 16.9. The van der Waals surface area contributed by atoms with Gasteiger partial charge in [0.2, 0.25) is 4.96 Å². The summed E-state index contributed by atoms with van der Waals surface area (Å²) >= 11 is 3.01. The molecule has 0 radical (unpaired) electrons. The summed E-state index contributed by atoms with van der Waals surface area (Å²) in [7, 11) is 0. The van der Waals surface area contributed by atoms with Crippen LogP contribution in [0, 0.1) is 0 Å². The number of benzene rings is 1. The van der Waals surface area contributed by atoms with Gasteiger partial charge in [-0.3, -0.25) is 4.79 Å². The topological polar surface area (TPSA) is 47.3 Å². The number of thiophene rings is 1. The summed E-state index contributed by atoms with van der Waals surface area (Å²) in [5.74, 6) is 1.04. The van der Waals surface area contributed by atoms with Crippen LogP contribution in [0.4, 0.5) is 0 Å². The molecule has 0 aliphatic carbocycles. The van der Waals surface area contributed by atoms with Crippen LogP contribution in [-0.4, -0.2) is 14.6 Å². The van der Waals surface area contributed by atoms with Gasteiger partial charge < -0.3 is 0 Å². The standard InChI is InChI=1S/C20H17N3OS2/c1-13(2)15-7-5-14(6-8-15)12-17-19(24)23-20(26-17)21-18(22-23)10-9-16-4-3-11-25-16/h3-13H,1-2H3/b10-9+,17-12+. The van der Waals surface area contributed by atoms with Gasteiger partial charge >= 0.3 is 0 Å². The van der Waals surface area contributed by atoms with Gasteiger partial charge in [0.05, 0.1) is 4.53 Å². The van der Waals surface area contributed by atoms with E-state index in [0.717, 1.165) is 10.4 Å². The molecule has 1 aromatic carbocycles. The second-order valence-electron chi connectivity index (χ2n) is 6.25. The summed E-state index contributed by atoms with van der Waals surface area (Å²) in [6, 6.07) is 12.3. The number of rotatable bonds is 4. The predicted octanol–water partition coefficient (Wildman–Crippen LogP) is 4.05. The molecule has 0 N–H and O–H groups in total. The zero-order valence-corrected chi connectivity index (χ0v) is 16.1. The quantitative estimate of drug-likeness (QED) is 0.537. The van der Waals surface area contributed by atoms with E-state index in [4.69, 9.17) is 0 Å². The number of nitrogens with zero attached hydrogens (tertiary/aromatic N) is 3.